The highest BCUT2D eigenvalue weighted by molar-refractivity contribution is 4.72. The Morgan fingerprint density at radius 2 is 1.93 bits per heavy atom. The van der Waals surface area contributed by atoms with Crippen LogP contribution in [0.2, 0.25) is 0 Å². The van der Waals surface area contributed by atoms with Crippen LogP contribution in [0.3, 0.4) is 0 Å². The predicted octanol–water partition coefficient (Wildman–Crippen LogP) is 2.62. The Balaban J connectivity index is 1.70. The molecule has 14 heavy (non-hydrogen) atoms. The molecule has 2 heteroatoms. The largest absolute Gasteiger partial charge is 0.381 e. The van der Waals surface area contributed by atoms with Gasteiger partial charge in [-0.1, -0.05) is 26.2 Å². The molecule has 0 bridgehead atoms. The van der Waals surface area contributed by atoms with E-state index in [1.165, 1.54) is 32.1 Å². The highest BCUT2D eigenvalue weighted by Gasteiger charge is 2.24. The fourth-order valence-corrected chi connectivity index (χ4v) is 2.35. The van der Waals surface area contributed by atoms with Crippen LogP contribution >= 0.6 is 0 Å². The lowest BCUT2D eigenvalue weighted by Gasteiger charge is -2.29. The Labute approximate surface area is 87.0 Å². The smallest absolute Gasteiger partial charge is 0.0600 e. The van der Waals surface area contributed by atoms with Crippen molar-refractivity contribution in [3.8, 4) is 0 Å². The van der Waals surface area contributed by atoms with Gasteiger partial charge in [0.05, 0.1) is 25.9 Å². The van der Waals surface area contributed by atoms with Crippen molar-refractivity contribution in [2.75, 3.05) is 19.8 Å². The first-order valence-corrected chi connectivity index (χ1v) is 6.05. The predicted molar refractivity (Wildman–Crippen MR) is 56.3 cm³/mol. The van der Waals surface area contributed by atoms with Gasteiger partial charge in [0, 0.05) is 5.92 Å². The monoisotopic (exact) mass is 198 g/mol. The molecular weight excluding hydrogens is 176 g/mol. The summed E-state index contributed by atoms with van der Waals surface area (Å²) in [6, 6.07) is 0. The lowest BCUT2D eigenvalue weighted by Crippen LogP contribution is -2.34. The first-order chi connectivity index (χ1) is 6.86. The van der Waals surface area contributed by atoms with E-state index in [4.69, 9.17) is 9.47 Å². The molecule has 2 rings (SSSR count). The maximum Gasteiger partial charge on any atom is 0.0600 e. The molecule has 0 amide bonds. The van der Waals surface area contributed by atoms with Gasteiger partial charge in [0.1, 0.15) is 0 Å². The van der Waals surface area contributed by atoms with Crippen molar-refractivity contribution in [3.63, 3.8) is 0 Å². The van der Waals surface area contributed by atoms with Gasteiger partial charge in [-0.15, -0.1) is 0 Å². The molecule has 2 fully saturated rings. The summed E-state index contributed by atoms with van der Waals surface area (Å²) >= 11 is 0. The third-order valence-electron chi connectivity index (χ3n) is 3.54. The van der Waals surface area contributed by atoms with Crippen molar-refractivity contribution in [2.45, 2.75) is 45.1 Å². The van der Waals surface area contributed by atoms with Crippen LogP contribution in [0.25, 0.3) is 0 Å². The van der Waals surface area contributed by atoms with Crippen molar-refractivity contribution in [3.05, 3.63) is 0 Å². The van der Waals surface area contributed by atoms with E-state index in [-0.39, 0.29) is 0 Å². The molecule has 1 saturated carbocycles. The summed E-state index contributed by atoms with van der Waals surface area (Å²) in [6.07, 6.45) is 7.30. The van der Waals surface area contributed by atoms with Gasteiger partial charge < -0.3 is 9.47 Å². The Morgan fingerprint density at radius 1 is 1.14 bits per heavy atom. The second kappa shape index (κ2) is 5.13. The average molecular weight is 198 g/mol. The van der Waals surface area contributed by atoms with Gasteiger partial charge in [-0.25, -0.2) is 0 Å². The lowest BCUT2D eigenvalue weighted by atomic mass is 9.99. The molecule has 2 nitrogen and oxygen atoms in total. The molecule has 0 radical (unpaired) electrons. The molecule has 1 aliphatic heterocycles. The second-order valence-corrected chi connectivity index (χ2v) is 4.89. The van der Waals surface area contributed by atoms with Gasteiger partial charge in [-0.05, 0) is 18.8 Å². The van der Waals surface area contributed by atoms with Gasteiger partial charge in [0.15, 0.2) is 0 Å². The lowest BCUT2D eigenvalue weighted by molar-refractivity contribution is -0.0964. The molecule has 0 N–H and O–H groups in total. The molecule has 2 aliphatic rings. The van der Waals surface area contributed by atoms with Crippen LogP contribution in [0, 0.1) is 11.8 Å². The van der Waals surface area contributed by atoms with Crippen LogP contribution in [0.5, 0.6) is 0 Å². The molecule has 1 heterocycles. The van der Waals surface area contributed by atoms with Gasteiger partial charge in [0.2, 0.25) is 0 Å². The first kappa shape index (κ1) is 10.4. The third-order valence-corrected chi connectivity index (χ3v) is 3.54. The van der Waals surface area contributed by atoms with Gasteiger partial charge in [-0.3, -0.25) is 0 Å². The quantitative estimate of drug-likeness (QED) is 0.649. The topological polar surface area (TPSA) is 18.5 Å². The average Bonchev–Trinajstić information content (AvgIpc) is 2.29. The third kappa shape index (κ3) is 2.71. The van der Waals surface area contributed by atoms with E-state index < -0.39 is 0 Å². The van der Waals surface area contributed by atoms with Gasteiger partial charge in [0.25, 0.3) is 0 Å². The summed E-state index contributed by atoms with van der Waals surface area (Å²) < 4.78 is 11.1. The molecule has 0 aromatic heterocycles. The zero-order valence-electron chi connectivity index (χ0n) is 9.21. The minimum absolute atomic E-state index is 0.526. The Bertz CT molecular complexity index is 166. The van der Waals surface area contributed by atoms with Crippen LogP contribution in [-0.2, 0) is 9.47 Å². The van der Waals surface area contributed by atoms with Crippen LogP contribution in [0.1, 0.15) is 39.0 Å². The van der Waals surface area contributed by atoms with Crippen molar-refractivity contribution in [1.29, 1.82) is 0 Å². The van der Waals surface area contributed by atoms with Gasteiger partial charge >= 0.3 is 0 Å². The van der Waals surface area contributed by atoms with E-state index in [0.717, 1.165) is 25.7 Å². The summed E-state index contributed by atoms with van der Waals surface area (Å²) in [5.41, 5.74) is 0. The molecule has 2 atom stereocenters. The summed E-state index contributed by atoms with van der Waals surface area (Å²) in [6.45, 7) is 5.10. The van der Waals surface area contributed by atoms with Crippen molar-refractivity contribution in [1.82, 2.24) is 0 Å². The van der Waals surface area contributed by atoms with E-state index in [1.54, 1.807) is 0 Å². The van der Waals surface area contributed by atoms with Crippen LogP contribution in [0.15, 0.2) is 0 Å². The van der Waals surface area contributed by atoms with Crippen molar-refractivity contribution < 1.29 is 9.47 Å². The zero-order chi connectivity index (χ0) is 9.80. The zero-order valence-corrected chi connectivity index (χ0v) is 9.21. The molecule has 2 unspecified atom stereocenters. The minimum Gasteiger partial charge on any atom is -0.381 e. The number of hydrogen-bond acceptors (Lipinski definition) is 2. The molecule has 0 spiro atoms. The van der Waals surface area contributed by atoms with Crippen molar-refractivity contribution >= 4 is 0 Å². The number of hydrogen-bond donors (Lipinski definition) is 0. The van der Waals surface area contributed by atoms with E-state index in [2.05, 4.69) is 6.92 Å². The molecule has 1 saturated heterocycles. The Hall–Kier alpha value is -0.0800. The summed E-state index contributed by atoms with van der Waals surface area (Å²) in [5.74, 6) is 1.45. The summed E-state index contributed by atoms with van der Waals surface area (Å²) in [5, 5.41) is 0. The maximum atomic E-state index is 6.00. The number of ether oxygens (including phenoxy) is 2. The first-order valence-electron chi connectivity index (χ1n) is 6.05. The second-order valence-electron chi connectivity index (χ2n) is 4.89. The summed E-state index contributed by atoms with van der Waals surface area (Å²) in [7, 11) is 0. The fourth-order valence-electron chi connectivity index (χ4n) is 2.35. The standard InChI is InChI=1S/C12H22O2/c1-10-5-3-2-4-6-12(10)14-9-11-7-13-8-11/h10-12H,2-9H2,1H3. The van der Waals surface area contributed by atoms with Crippen LogP contribution in [0.4, 0.5) is 0 Å². The Morgan fingerprint density at radius 3 is 2.64 bits per heavy atom. The molecule has 0 aromatic carbocycles. The van der Waals surface area contributed by atoms with Crippen LogP contribution in [-0.4, -0.2) is 25.9 Å². The normalized spacial score (nSPS) is 34.9. The van der Waals surface area contributed by atoms with E-state index in [0.29, 0.717) is 12.0 Å². The maximum absolute atomic E-state index is 6.00. The van der Waals surface area contributed by atoms with Crippen molar-refractivity contribution in [2.24, 2.45) is 11.8 Å². The molecule has 0 aromatic rings. The molecule has 1 aliphatic carbocycles. The fraction of sp³-hybridized carbons (Fsp3) is 1.00. The van der Waals surface area contributed by atoms with Crippen LogP contribution < -0.4 is 0 Å². The van der Waals surface area contributed by atoms with E-state index >= 15 is 0 Å². The number of rotatable bonds is 3. The Kier molecular flexibility index (Phi) is 3.82. The van der Waals surface area contributed by atoms with E-state index in [9.17, 15) is 0 Å². The summed E-state index contributed by atoms with van der Waals surface area (Å²) in [4.78, 5) is 0. The SMILES string of the molecule is CC1CCCCCC1OCC1COC1. The minimum atomic E-state index is 0.526. The molecule has 82 valence electrons. The molecular formula is C12H22O2. The van der Waals surface area contributed by atoms with E-state index in [1.807, 2.05) is 0 Å². The highest BCUT2D eigenvalue weighted by Crippen LogP contribution is 2.26. The highest BCUT2D eigenvalue weighted by atomic mass is 16.5. The van der Waals surface area contributed by atoms with Gasteiger partial charge in [-0.2, -0.15) is 0 Å².